The molecular formula is C22H26N4OS. The van der Waals surface area contributed by atoms with E-state index in [1.807, 2.05) is 24.1 Å². The van der Waals surface area contributed by atoms with Gasteiger partial charge in [-0.15, -0.1) is 11.3 Å². The van der Waals surface area contributed by atoms with Crippen LogP contribution in [-0.4, -0.2) is 51.9 Å². The zero-order valence-corrected chi connectivity index (χ0v) is 17.3. The summed E-state index contributed by atoms with van der Waals surface area (Å²) in [7, 11) is 0. The Hall–Kier alpha value is -2.31. The molecule has 3 aromatic rings. The van der Waals surface area contributed by atoms with E-state index in [0.717, 1.165) is 55.4 Å². The normalized spacial score (nSPS) is 18.4. The first-order valence-electron chi connectivity index (χ1n) is 9.80. The van der Waals surface area contributed by atoms with Crippen molar-refractivity contribution in [2.24, 2.45) is 5.92 Å². The van der Waals surface area contributed by atoms with Crippen molar-refractivity contribution < 1.29 is 4.79 Å². The molecule has 28 heavy (non-hydrogen) atoms. The Morgan fingerprint density at radius 1 is 1.21 bits per heavy atom. The number of fused-ring (bicyclic) bond motifs is 1. The highest BCUT2D eigenvalue weighted by Crippen LogP contribution is 2.22. The summed E-state index contributed by atoms with van der Waals surface area (Å²) in [6.07, 6.45) is 2.78. The van der Waals surface area contributed by atoms with Crippen LogP contribution in [0.25, 0.3) is 10.9 Å². The number of aromatic nitrogens is 2. The fraction of sp³-hybridized carbons (Fsp3) is 0.409. The Labute approximate surface area is 170 Å². The topological polar surface area (TPSA) is 49.3 Å². The van der Waals surface area contributed by atoms with Crippen LogP contribution in [0.2, 0.25) is 0 Å². The van der Waals surface area contributed by atoms with Gasteiger partial charge in [0.2, 0.25) is 5.91 Å². The summed E-state index contributed by atoms with van der Waals surface area (Å²) in [4.78, 5) is 25.8. The molecule has 0 radical (unpaired) electrons. The van der Waals surface area contributed by atoms with Gasteiger partial charge >= 0.3 is 0 Å². The molecule has 2 aromatic heterocycles. The lowest BCUT2D eigenvalue weighted by Gasteiger charge is -2.24. The van der Waals surface area contributed by atoms with Gasteiger partial charge in [0.25, 0.3) is 0 Å². The molecular weight excluding hydrogens is 368 g/mol. The van der Waals surface area contributed by atoms with Crippen molar-refractivity contribution in [2.45, 2.75) is 26.8 Å². The number of carbonyl (C=O) groups is 1. The van der Waals surface area contributed by atoms with Crippen LogP contribution in [-0.2, 0) is 17.8 Å². The molecule has 0 N–H and O–H groups in total. The van der Waals surface area contributed by atoms with Gasteiger partial charge in [0.15, 0.2) is 0 Å². The van der Waals surface area contributed by atoms with E-state index in [1.165, 1.54) is 10.9 Å². The minimum absolute atomic E-state index is 0.160. The van der Waals surface area contributed by atoms with Crippen molar-refractivity contribution in [1.82, 2.24) is 19.8 Å². The third-order valence-corrected chi connectivity index (χ3v) is 6.23. The molecule has 146 valence electrons. The molecule has 1 aliphatic rings. The average Bonchev–Trinajstić information content (AvgIpc) is 2.98. The van der Waals surface area contributed by atoms with E-state index in [4.69, 9.17) is 0 Å². The van der Waals surface area contributed by atoms with Crippen LogP contribution in [0.3, 0.4) is 0 Å². The monoisotopic (exact) mass is 394 g/mol. The van der Waals surface area contributed by atoms with Gasteiger partial charge in [0, 0.05) is 56.6 Å². The van der Waals surface area contributed by atoms with Crippen molar-refractivity contribution in [2.75, 3.05) is 26.2 Å². The molecule has 1 fully saturated rings. The first-order chi connectivity index (χ1) is 13.6. The van der Waals surface area contributed by atoms with Crippen LogP contribution < -0.4 is 0 Å². The smallest absolute Gasteiger partial charge is 0.219 e. The lowest BCUT2D eigenvalue weighted by molar-refractivity contribution is -0.129. The van der Waals surface area contributed by atoms with E-state index >= 15 is 0 Å². The predicted octanol–water partition coefficient (Wildman–Crippen LogP) is 3.52. The highest BCUT2D eigenvalue weighted by molar-refractivity contribution is 7.09. The van der Waals surface area contributed by atoms with Crippen LogP contribution in [0.1, 0.15) is 23.2 Å². The molecule has 4 rings (SSSR count). The first-order valence-corrected chi connectivity index (χ1v) is 10.7. The minimum Gasteiger partial charge on any atom is -0.341 e. The molecule has 1 saturated heterocycles. The van der Waals surface area contributed by atoms with E-state index < -0.39 is 0 Å². The molecule has 1 amide bonds. The highest BCUT2D eigenvalue weighted by Gasteiger charge is 2.25. The summed E-state index contributed by atoms with van der Waals surface area (Å²) in [6.45, 7) is 8.00. The number of benzene rings is 1. The van der Waals surface area contributed by atoms with Crippen molar-refractivity contribution >= 4 is 28.1 Å². The van der Waals surface area contributed by atoms with E-state index in [9.17, 15) is 4.79 Å². The number of thiazole rings is 1. The summed E-state index contributed by atoms with van der Waals surface area (Å²) in [5.41, 5.74) is 3.47. The molecule has 0 aliphatic carbocycles. The van der Waals surface area contributed by atoms with E-state index in [1.54, 1.807) is 18.3 Å². The molecule has 1 aliphatic heterocycles. The SMILES string of the molecule is CC(=O)N1CCN(Cc2csc(C)n2)CC(Cc2cccc3cccnc23)C1. The van der Waals surface area contributed by atoms with Gasteiger partial charge in [-0.05, 0) is 30.9 Å². The quantitative estimate of drug-likeness (QED) is 0.679. The van der Waals surface area contributed by atoms with E-state index in [2.05, 4.69) is 44.5 Å². The highest BCUT2D eigenvalue weighted by atomic mass is 32.1. The predicted molar refractivity (Wildman–Crippen MR) is 113 cm³/mol. The molecule has 3 heterocycles. The number of carbonyl (C=O) groups excluding carboxylic acids is 1. The molecule has 6 heteroatoms. The van der Waals surface area contributed by atoms with Crippen LogP contribution in [0.15, 0.2) is 41.9 Å². The van der Waals surface area contributed by atoms with Crippen molar-refractivity contribution in [3.8, 4) is 0 Å². The van der Waals surface area contributed by atoms with Gasteiger partial charge in [0.05, 0.1) is 16.2 Å². The maximum atomic E-state index is 12.1. The summed E-state index contributed by atoms with van der Waals surface area (Å²) in [5.74, 6) is 0.533. The summed E-state index contributed by atoms with van der Waals surface area (Å²) in [6, 6.07) is 10.5. The third kappa shape index (κ3) is 4.39. The van der Waals surface area contributed by atoms with Crippen molar-refractivity contribution in [3.05, 3.63) is 58.2 Å². The van der Waals surface area contributed by atoms with E-state index in [-0.39, 0.29) is 5.91 Å². The van der Waals surface area contributed by atoms with E-state index in [0.29, 0.717) is 5.92 Å². The Bertz CT molecular complexity index is 965. The first kappa shape index (κ1) is 19.0. The number of amides is 1. The Kier molecular flexibility index (Phi) is 5.69. The number of rotatable bonds is 4. The lowest BCUT2D eigenvalue weighted by atomic mass is 9.96. The Balaban J connectivity index is 1.56. The summed E-state index contributed by atoms with van der Waals surface area (Å²) >= 11 is 1.70. The average molecular weight is 395 g/mol. The fourth-order valence-corrected chi connectivity index (χ4v) is 4.69. The van der Waals surface area contributed by atoms with Crippen LogP contribution in [0.5, 0.6) is 0 Å². The minimum atomic E-state index is 0.160. The maximum Gasteiger partial charge on any atom is 0.219 e. The Morgan fingerprint density at radius 3 is 2.86 bits per heavy atom. The zero-order valence-electron chi connectivity index (χ0n) is 16.5. The second-order valence-corrected chi connectivity index (χ2v) is 8.68. The standard InChI is InChI=1S/C22H26N4OS/c1-16-24-21(15-28-16)14-25-9-10-26(17(2)27)13-18(12-25)11-20-6-3-5-19-7-4-8-23-22(19)20/h3-8,15,18H,9-14H2,1-2H3. The number of pyridine rings is 1. The van der Waals surface area contributed by atoms with Gasteiger partial charge in [-0.1, -0.05) is 24.3 Å². The van der Waals surface area contributed by atoms with Gasteiger partial charge in [-0.25, -0.2) is 4.98 Å². The van der Waals surface area contributed by atoms with Crippen molar-refractivity contribution in [3.63, 3.8) is 0 Å². The fourth-order valence-electron chi connectivity index (χ4n) is 4.09. The molecule has 5 nitrogen and oxygen atoms in total. The summed E-state index contributed by atoms with van der Waals surface area (Å²) < 4.78 is 0. The number of para-hydroxylation sites is 1. The third-order valence-electron chi connectivity index (χ3n) is 5.40. The van der Waals surface area contributed by atoms with Crippen LogP contribution >= 0.6 is 11.3 Å². The molecule has 1 aromatic carbocycles. The van der Waals surface area contributed by atoms with Gasteiger partial charge in [0.1, 0.15) is 0 Å². The number of hydrogen-bond donors (Lipinski definition) is 0. The molecule has 1 atom stereocenters. The molecule has 1 unspecified atom stereocenters. The number of hydrogen-bond acceptors (Lipinski definition) is 5. The van der Waals surface area contributed by atoms with Crippen LogP contribution in [0.4, 0.5) is 0 Å². The largest absolute Gasteiger partial charge is 0.341 e. The van der Waals surface area contributed by atoms with Gasteiger partial charge in [-0.3, -0.25) is 14.7 Å². The summed E-state index contributed by atoms with van der Waals surface area (Å²) in [5, 5.41) is 4.42. The maximum absolute atomic E-state index is 12.1. The second kappa shape index (κ2) is 8.37. The molecule has 0 saturated carbocycles. The molecule has 0 spiro atoms. The van der Waals surface area contributed by atoms with Crippen LogP contribution in [0, 0.1) is 12.8 Å². The molecule has 0 bridgehead atoms. The zero-order chi connectivity index (χ0) is 19.5. The Morgan fingerprint density at radius 2 is 2.07 bits per heavy atom. The van der Waals surface area contributed by atoms with Crippen molar-refractivity contribution in [1.29, 1.82) is 0 Å². The lowest BCUT2D eigenvalue weighted by Crippen LogP contribution is -2.34. The van der Waals surface area contributed by atoms with Gasteiger partial charge < -0.3 is 4.90 Å². The number of nitrogens with zero attached hydrogens (tertiary/aromatic N) is 4. The van der Waals surface area contributed by atoms with Gasteiger partial charge in [-0.2, -0.15) is 0 Å². The number of aryl methyl sites for hydroxylation is 1. The second-order valence-electron chi connectivity index (χ2n) is 7.62.